The average molecular weight is 288 g/mol. The monoisotopic (exact) mass is 288 g/mol. The van der Waals surface area contributed by atoms with E-state index in [-0.39, 0.29) is 0 Å². The molecule has 0 fully saturated rings. The van der Waals surface area contributed by atoms with Gasteiger partial charge in [-0.25, -0.2) is 4.98 Å². The summed E-state index contributed by atoms with van der Waals surface area (Å²) in [7, 11) is 3.30. The highest BCUT2D eigenvalue weighted by molar-refractivity contribution is 5.42. The van der Waals surface area contributed by atoms with Crippen molar-refractivity contribution in [2.24, 2.45) is 0 Å². The molecular formula is C16H20N2O3. The topological polar surface area (TPSA) is 52.6 Å². The van der Waals surface area contributed by atoms with Crippen molar-refractivity contribution in [3.05, 3.63) is 48.2 Å². The van der Waals surface area contributed by atoms with E-state index in [0.29, 0.717) is 30.5 Å². The van der Waals surface area contributed by atoms with Gasteiger partial charge in [-0.1, -0.05) is 18.2 Å². The van der Waals surface area contributed by atoms with Gasteiger partial charge < -0.3 is 19.5 Å². The molecule has 0 bridgehead atoms. The molecule has 2 aromatic rings. The molecule has 1 N–H and O–H groups in total. The minimum absolute atomic E-state index is 0.576. The first kappa shape index (κ1) is 15.3. The number of ether oxygens (including phenoxy) is 3. The predicted octanol–water partition coefficient (Wildman–Crippen LogP) is 2.62. The fourth-order valence-corrected chi connectivity index (χ4v) is 1.86. The number of pyridine rings is 1. The molecule has 2 rings (SSSR count). The Hall–Kier alpha value is -2.11. The summed E-state index contributed by atoms with van der Waals surface area (Å²) in [5.74, 6) is 1.91. The van der Waals surface area contributed by atoms with E-state index in [9.17, 15) is 0 Å². The molecule has 5 heteroatoms. The fourth-order valence-electron chi connectivity index (χ4n) is 1.86. The molecule has 0 saturated heterocycles. The van der Waals surface area contributed by atoms with Gasteiger partial charge in [-0.05, 0) is 18.2 Å². The van der Waals surface area contributed by atoms with Gasteiger partial charge in [0.05, 0.1) is 13.7 Å². The van der Waals surface area contributed by atoms with Crippen molar-refractivity contribution >= 4 is 0 Å². The Labute approximate surface area is 124 Å². The van der Waals surface area contributed by atoms with E-state index >= 15 is 0 Å². The Balaban J connectivity index is 2.09. The number of hydrogen-bond acceptors (Lipinski definition) is 5. The van der Waals surface area contributed by atoms with E-state index < -0.39 is 0 Å². The van der Waals surface area contributed by atoms with Crippen molar-refractivity contribution in [3.63, 3.8) is 0 Å². The third kappa shape index (κ3) is 4.44. The molecule has 0 aliphatic rings. The Morgan fingerprint density at radius 1 is 1.05 bits per heavy atom. The van der Waals surface area contributed by atoms with Crippen LogP contribution in [0.1, 0.15) is 5.56 Å². The molecule has 0 atom stereocenters. The molecule has 0 radical (unpaired) electrons. The Morgan fingerprint density at radius 3 is 2.62 bits per heavy atom. The molecular weight excluding hydrogens is 268 g/mol. The Bertz CT molecular complexity index is 561. The van der Waals surface area contributed by atoms with Gasteiger partial charge in [-0.3, -0.25) is 0 Å². The number of nitrogens with zero attached hydrogens (tertiary/aromatic N) is 1. The van der Waals surface area contributed by atoms with Gasteiger partial charge in [0, 0.05) is 32.0 Å². The van der Waals surface area contributed by atoms with E-state index in [2.05, 4.69) is 10.3 Å². The molecule has 0 aliphatic carbocycles. The van der Waals surface area contributed by atoms with Crippen molar-refractivity contribution in [2.75, 3.05) is 27.4 Å². The van der Waals surface area contributed by atoms with E-state index in [0.717, 1.165) is 12.1 Å². The van der Waals surface area contributed by atoms with Crippen molar-refractivity contribution in [3.8, 4) is 17.4 Å². The smallest absolute Gasteiger partial charge is 0.223 e. The molecule has 0 unspecified atom stereocenters. The summed E-state index contributed by atoms with van der Waals surface area (Å²) < 4.78 is 16.2. The summed E-state index contributed by atoms with van der Waals surface area (Å²) >= 11 is 0. The second-order valence-electron chi connectivity index (χ2n) is 4.39. The number of aromatic nitrogens is 1. The Morgan fingerprint density at radius 2 is 1.86 bits per heavy atom. The van der Waals surface area contributed by atoms with Gasteiger partial charge in [-0.2, -0.15) is 0 Å². The van der Waals surface area contributed by atoms with Gasteiger partial charge in [0.15, 0.2) is 11.5 Å². The maximum Gasteiger partial charge on any atom is 0.223 e. The van der Waals surface area contributed by atoms with E-state index in [4.69, 9.17) is 14.2 Å². The van der Waals surface area contributed by atoms with Crippen LogP contribution < -0.4 is 14.8 Å². The molecule has 1 aromatic carbocycles. The number of benzene rings is 1. The summed E-state index contributed by atoms with van der Waals surface area (Å²) in [4.78, 5) is 4.30. The summed E-state index contributed by atoms with van der Waals surface area (Å²) in [6, 6.07) is 11.4. The highest BCUT2D eigenvalue weighted by Gasteiger charge is 2.09. The lowest BCUT2D eigenvalue weighted by atomic mass is 10.2. The highest BCUT2D eigenvalue weighted by Crippen LogP contribution is 2.31. The maximum absolute atomic E-state index is 5.88. The lowest BCUT2D eigenvalue weighted by Crippen LogP contribution is -2.19. The van der Waals surface area contributed by atoms with Crippen molar-refractivity contribution in [2.45, 2.75) is 6.54 Å². The number of hydrogen-bond donors (Lipinski definition) is 1. The molecule has 112 valence electrons. The third-order valence-electron chi connectivity index (χ3n) is 2.92. The molecule has 1 aromatic heterocycles. The summed E-state index contributed by atoms with van der Waals surface area (Å²) in [6.07, 6.45) is 1.71. The number of para-hydroxylation sites is 2. The predicted molar refractivity (Wildman–Crippen MR) is 80.9 cm³/mol. The standard InChI is InChI=1S/C16H20N2O3/c1-19-11-10-17-12-13-6-5-9-18-16(13)21-15-8-4-3-7-14(15)20-2/h3-9,17H,10-12H2,1-2H3. The first-order chi connectivity index (χ1) is 10.3. The highest BCUT2D eigenvalue weighted by atomic mass is 16.5. The quantitative estimate of drug-likeness (QED) is 0.757. The van der Waals surface area contributed by atoms with E-state index in [1.54, 1.807) is 20.4 Å². The van der Waals surface area contributed by atoms with Gasteiger partial charge in [0.1, 0.15) is 0 Å². The normalized spacial score (nSPS) is 10.4. The molecule has 0 saturated carbocycles. The molecule has 0 aliphatic heterocycles. The second-order valence-corrected chi connectivity index (χ2v) is 4.39. The van der Waals surface area contributed by atoms with Crippen LogP contribution in [0.15, 0.2) is 42.6 Å². The van der Waals surface area contributed by atoms with Gasteiger partial charge in [-0.15, -0.1) is 0 Å². The van der Waals surface area contributed by atoms with Crippen LogP contribution in [0.5, 0.6) is 17.4 Å². The van der Waals surface area contributed by atoms with Crippen LogP contribution in [0.3, 0.4) is 0 Å². The molecule has 21 heavy (non-hydrogen) atoms. The van der Waals surface area contributed by atoms with Crippen molar-refractivity contribution in [1.82, 2.24) is 10.3 Å². The number of nitrogens with one attached hydrogen (secondary N) is 1. The van der Waals surface area contributed by atoms with Crippen LogP contribution in [0, 0.1) is 0 Å². The summed E-state index contributed by atoms with van der Waals surface area (Å²) in [5.41, 5.74) is 0.986. The first-order valence-corrected chi connectivity index (χ1v) is 6.79. The van der Waals surface area contributed by atoms with Gasteiger partial charge >= 0.3 is 0 Å². The zero-order valence-corrected chi connectivity index (χ0v) is 12.3. The van der Waals surface area contributed by atoms with E-state index in [1.807, 2.05) is 36.4 Å². The van der Waals surface area contributed by atoms with Crippen LogP contribution in [-0.2, 0) is 11.3 Å². The second kappa shape index (κ2) is 8.24. The minimum atomic E-state index is 0.576. The summed E-state index contributed by atoms with van der Waals surface area (Å²) in [6.45, 7) is 2.12. The van der Waals surface area contributed by atoms with Crippen LogP contribution in [-0.4, -0.2) is 32.4 Å². The number of methoxy groups -OCH3 is 2. The van der Waals surface area contributed by atoms with Gasteiger partial charge in [0.2, 0.25) is 5.88 Å². The van der Waals surface area contributed by atoms with Crippen LogP contribution in [0.4, 0.5) is 0 Å². The van der Waals surface area contributed by atoms with Crippen molar-refractivity contribution < 1.29 is 14.2 Å². The molecule has 1 heterocycles. The first-order valence-electron chi connectivity index (χ1n) is 6.79. The lowest BCUT2D eigenvalue weighted by molar-refractivity contribution is 0.199. The zero-order valence-electron chi connectivity index (χ0n) is 12.3. The SMILES string of the molecule is COCCNCc1cccnc1Oc1ccccc1OC. The summed E-state index contributed by atoms with van der Waals surface area (Å²) in [5, 5.41) is 3.28. The van der Waals surface area contributed by atoms with Crippen LogP contribution >= 0.6 is 0 Å². The van der Waals surface area contributed by atoms with Crippen LogP contribution in [0.2, 0.25) is 0 Å². The average Bonchev–Trinajstić information content (AvgIpc) is 2.53. The fraction of sp³-hybridized carbons (Fsp3) is 0.312. The molecule has 0 spiro atoms. The van der Waals surface area contributed by atoms with E-state index in [1.165, 1.54) is 0 Å². The lowest BCUT2D eigenvalue weighted by Gasteiger charge is -2.12. The maximum atomic E-state index is 5.88. The minimum Gasteiger partial charge on any atom is -0.493 e. The molecule has 5 nitrogen and oxygen atoms in total. The van der Waals surface area contributed by atoms with Crippen LogP contribution in [0.25, 0.3) is 0 Å². The van der Waals surface area contributed by atoms with Gasteiger partial charge in [0.25, 0.3) is 0 Å². The largest absolute Gasteiger partial charge is 0.493 e. The number of rotatable bonds is 8. The molecule has 0 amide bonds. The zero-order chi connectivity index (χ0) is 14.9. The third-order valence-corrected chi connectivity index (χ3v) is 2.92. The van der Waals surface area contributed by atoms with Crippen molar-refractivity contribution in [1.29, 1.82) is 0 Å². The Kier molecular flexibility index (Phi) is 5.99.